The number of aryl methyl sites for hydroxylation is 1. The summed E-state index contributed by atoms with van der Waals surface area (Å²) in [5.41, 5.74) is 4.57. The molecule has 1 amide bonds. The molecule has 184 valence electrons. The van der Waals surface area contributed by atoms with Crippen LogP contribution in [0.25, 0.3) is 23.0 Å². The summed E-state index contributed by atoms with van der Waals surface area (Å²) >= 11 is 6.88. The van der Waals surface area contributed by atoms with Crippen molar-refractivity contribution in [2.75, 3.05) is 19.8 Å². The van der Waals surface area contributed by atoms with E-state index in [0.717, 1.165) is 53.3 Å². The Hall–Kier alpha value is -3.20. The molecular formula is C28H27N3O3S2. The predicted octanol–water partition coefficient (Wildman–Crippen LogP) is 5.79. The maximum Gasteiger partial charge on any atom is 0.266 e. The van der Waals surface area contributed by atoms with E-state index >= 15 is 0 Å². The smallest absolute Gasteiger partial charge is 0.266 e. The third-order valence-electron chi connectivity index (χ3n) is 6.15. The Bertz CT molecular complexity index is 1330. The highest BCUT2D eigenvalue weighted by Gasteiger charge is 2.35. The molecule has 0 bridgehead atoms. The number of thioether (sulfide) groups is 1. The molecule has 6 nitrogen and oxygen atoms in total. The lowest BCUT2D eigenvalue weighted by Gasteiger charge is -2.18. The summed E-state index contributed by atoms with van der Waals surface area (Å²) < 4.78 is 13.8. The Balaban J connectivity index is 1.51. The second-order valence-electron chi connectivity index (χ2n) is 8.72. The van der Waals surface area contributed by atoms with Gasteiger partial charge in [-0.25, -0.2) is 4.68 Å². The summed E-state index contributed by atoms with van der Waals surface area (Å²) in [5, 5.41) is 4.92. The summed E-state index contributed by atoms with van der Waals surface area (Å²) in [5.74, 6) is 0.694. The minimum absolute atomic E-state index is 0.0488. The van der Waals surface area contributed by atoms with Gasteiger partial charge in [-0.05, 0) is 61.7 Å². The van der Waals surface area contributed by atoms with Crippen LogP contribution in [0.15, 0.2) is 72.3 Å². The first-order valence-corrected chi connectivity index (χ1v) is 13.1. The molecule has 2 fully saturated rings. The molecule has 1 aromatic heterocycles. The zero-order valence-electron chi connectivity index (χ0n) is 20.1. The number of thiocarbonyl (C=S) groups is 1. The first-order valence-electron chi connectivity index (χ1n) is 11.9. The quantitative estimate of drug-likeness (QED) is 0.214. The van der Waals surface area contributed by atoms with Crippen molar-refractivity contribution in [2.24, 2.45) is 0 Å². The van der Waals surface area contributed by atoms with E-state index in [9.17, 15) is 4.79 Å². The van der Waals surface area contributed by atoms with Crippen LogP contribution in [0.1, 0.15) is 24.0 Å². The van der Waals surface area contributed by atoms with Crippen LogP contribution in [-0.2, 0) is 9.53 Å². The lowest BCUT2D eigenvalue weighted by Crippen LogP contribution is -2.35. The first kappa shape index (κ1) is 24.5. The fraction of sp³-hybridized carbons (Fsp3) is 0.250. The second kappa shape index (κ2) is 10.8. The predicted molar refractivity (Wildman–Crippen MR) is 148 cm³/mol. The highest BCUT2D eigenvalue weighted by atomic mass is 32.2. The van der Waals surface area contributed by atoms with Crippen LogP contribution < -0.4 is 4.74 Å². The molecule has 5 rings (SSSR count). The van der Waals surface area contributed by atoms with Gasteiger partial charge >= 0.3 is 0 Å². The van der Waals surface area contributed by atoms with Gasteiger partial charge in [0.15, 0.2) is 0 Å². The average Bonchev–Trinajstić information content (AvgIpc) is 3.61. The first-order chi connectivity index (χ1) is 17.5. The minimum atomic E-state index is -0.0798. The molecule has 2 aliphatic heterocycles. The Morgan fingerprint density at radius 2 is 2.11 bits per heavy atom. The molecule has 3 heterocycles. The van der Waals surface area contributed by atoms with Crippen molar-refractivity contribution in [3.05, 3.63) is 83.4 Å². The third kappa shape index (κ3) is 5.16. The lowest BCUT2D eigenvalue weighted by atomic mass is 10.0. The second-order valence-corrected chi connectivity index (χ2v) is 10.4. The highest BCUT2D eigenvalue weighted by Crippen LogP contribution is 2.36. The van der Waals surface area contributed by atoms with E-state index < -0.39 is 0 Å². The number of aromatic nitrogens is 2. The number of carbonyl (C=O) groups is 1. The largest absolute Gasteiger partial charge is 0.490 e. The van der Waals surface area contributed by atoms with Gasteiger partial charge in [0.1, 0.15) is 22.4 Å². The molecule has 0 saturated carbocycles. The van der Waals surface area contributed by atoms with Crippen molar-refractivity contribution in [1.82, 2.24) is 14.7 Å². The molecule has 0 radical (unpaired) electrons. The van der Waals surface area contributed by atoms with Crippen molar-refractivity contribution >= 4 is 40.3 Å². The Kier molecular flexibility index (Phi) is 7.36. The molecule has 1 atom stereocenters. The molecule has 3 aromatic rings. The summed E-state index contributed by atoms with van der Waals surface area (Å²) in [6.45, 7) is 7.43. The standard InChI is InChI=1S/C28H27N3O3S2/c1-3-13-33-22-11-12-24(19(2)15-22)26-20(17-31(29-26)21-8-5-4-6-9-21)16-25-27(32)30(28(35)36-25)18-23-10-7-14-34-23/h3-6,8-9,11-12,15-17,23H,1,7,10,13-14,18H2,2H3. The van der Waals surface area contributed by atoms with Crippen LogP contribution in [0.3, 0.4) is 0 Å². The summed E-state index contributed by atoms with van der Waals surface area (Å²) in [7, 11) is 0. The van der Waals surface area contributed by atoms with E-state index in [1.807, 2.05) is 72.4 Å². The number of nitrogens with zero attached hydrogens (tertiary/aromatic N) is 3. The average molecular weight is 518 g/mol. The van der Waals surface area contributed by atoms with Crippen LogP contribution in [0.5, 0.6) is 5.75 Å². The Labute approximate surface area is 220 Å². The van der Waals surface area contributed by atoms with Crippen LogP contribution in [0, 0.1) is 6.92 Å². The molecule has 0 aliphatic carbocycles. The van der Waals surface area contributed by atoms with Crippen LogP contribution in [0.2, 0.25) is 0 Å². The van der Waals surface area contributed by atoms with Gasteiger partial charge in [-0.2, -0.15) is 5.10 Å². The van der Waals surface area contributed by atoms with E-state index in [1.54, 1.807) is 11.0 Å². The molecule has 0 spiro atoms. The van der Waals surface area contributed by atoms with Gasteiger partial charge in [0.05, 0.1) is 23.2 Å². The molecule has 1 unspecified atom stereocenters. The van der Waals surface area contributed by atoms with Crippen LogP contribution >= 0.6 is 24.0 Å². The van der Waals surface area contributed by atoms with Crippen molar-refractivity contribution in [1.29, 1.82) is 0 Å². The number of para-hydroxylation sites is 1. The highest BCUT2D eigenvalue weighted by molar-refractivity contribution is 8.26. The number of carbonyl (C=O) groups excluding carboxylic acids is 1. The molecule has 8 heteroatoms. The molecule has 36 heavy (non-hydrogen) atoms. The monoisotopic (exact) mass is 517 g/mol. The van der Waals surface area contributed by atoms with Crippen molar-refractivity contribution in [2.45, 2.75) is 25.9 Å². The molecule has 2 saturated heterocycles. The Morgan fingerprint density at radius 1 is 1.28 bits per heavy atom. The number of hydrogen-bond donors (Lipinski definition) is 0. The number of hydrogen-bond acceptors (Lipinski definition) is 6. The zero-order chi connectivity index (χ0) is 25.1. The number of amides is 1. The summed E-state index contributed by atoms with van der Waals surface area (Å²) in [6.07, 6.45) is 7.60. The third-order valence-corrected chi connectivity index (χ3v) is 7.53. The zero-order valence-corrected chi connectivity index (χ0v) is 21.7. The van der Waals surface area contributed by atoms with E-state index in [2.05, 4.69) is 6.58 Å². The van der Waals surface area contributed by atoms with E-state index in [-0.39, 0.29) is 12.0 Å². The van der Waals surface area contributed by atoms with E-state index in [0.29, 0.717) is 22.4 Å². The molecule has 2 aromatic carbocycles. The van der Waals surface area contributed by atoms with E-state index in [4.69, 9.17) is 26.8 Å². The number of rotatable bonds is 8. The van der Waals surface area contributed by atoms with E-state index in [1.165, 1.54) is 11.8 Å². The lowest BCUT2D eigenvalue weighted by molar-refractivity contribution is -0.123. The van der Waals surface area contributed by atoms with Gasteiger partial charge in [-0.3, -0.25) is 9.69 Å². The van der Waals surface area contributed by atoms with Crippen LogP contribution in [0.4, 0.5) is 0 Å². The number of ether oxygens (including phenoxy) is 2. The van der Waals surface area contributed by atoms with Gasteiger partial charge in [-0.1, -0.05) is 54.8 Å². The van der Waals surface area contributed by atoms with Gasteiger partial charge in [0, 0.05) is 23.9 Å². The number of benzene rings is 2. The molecule has 2 aliphatic rings. The normalized spacial score (nSPS) is 18.9. The van der Waals surface area contributed by atoms with Gasteiger partial charge < -0.3 is 9.47 Å². The Morgan fingerprint density at radius 3 is 2.83 bits per heavy atom. The minimum Gasteiger partial charge on any atom is -0.490 e. The van der Waals surface area contributed by atoms with Crippen molar-refractivity contribution < 1.29 is 14.3 Å². The molecule has 0 N–H and O–H groups in total. The maximum absolute atomic E-state index is 13.3. The van der Waals surface area contributed by atoms with Gasteiger partial charge in [0.2, 0.25) is 0 Å². The van der Waals surface area contributed by atoms with Gasteiger partial charge in [0.25, 0.3) is 5.91 Å². The van der Waals surface area contributed by atoms with Crippen molar-refractivity contribution in [3.8, 4) is 22.7 Å². The fourth-order valence-corrected chi connectivity index (χ4v) is 5.62. The summed E-state index contributed by atoms with van der Waals surface area (Å²) in [4.78, 5) is 15.5. The van der Waals surface area contributed by atoms with Crippen LogP contribution in [-0.4, -0.2) is 50.8 Å². The van der Waals surface area contributed by atoms with Gasteiger partial charge in [-0.15, -0.1) is 0 Å². The fourth-order valence-electron chi connectivity index (χ4n) is 4.35. The SMILES string of the molecule is C=CCOc1ccc(-c2nn(-c3ccccc3)cc2C=C2SC(=S)N(CC3CCCO3)C2=O)c(C)c1. The molecular weight excluding hydrogens is 490 g/mol. The summed E-state index contributed by atoms with van der Waals surface area (Å²) in [6, 6.07) is 15.9. The van der Waals surface area contributed by atoms with Crippen molar-refractivity contribution in [3.63, 3.8) is 0 Å². The maximum atomic E-state index is 13.3. The topological polar surface area (TPSA) is 56.6 Å².